The lowest BCUT2D eigenvalue weighted by Gasteiger charge is -2.26. The molecule has 8 heteroatoms. The Bertz CT molecular complexity index is 1320. The Morgan fingerprint density at radius 3 is 2.77 bits per heavy atom. The first-order valence-electron chi connectivity index (χ1n) is 9.91. The number of nitrogens with zero attached hydrogens (tertiary/aromatic N) is 2. The molecule has 1 aliphatic rings. The van der Waals surface area contributed by atoms with Gasteiger partial charge in [0.25, 0.3) is 5.56 Å². The molecule has 2 aromatic heterocycles. The molecule has 0 radical (unpaired) electrons. The van der Waals surface area contributed by atoms with Gasteiger partial charge in [-0.05, 0) is 36.9 Å². The van der Waals surface area contributed by atoms with Crippen molar-refractivity contribution in [3.63, 3.8) is 0 Å². The zero-order chi connectivity index (χ0) is 22.0. The van der Waals surface area contributed by atoms with Gasteiger partial charge >= 0.3 is 5.97 Å². The fourth-order valence-corrected chi connectivity index (χ4v) is 5.31. The van der Waals surface area contributed by atoms with E-state index in [0.717, 1.165) is 16.9 Å². The van der Waals surface area contributed by atoms with Gasteiger partial charge in [0.15, 0.2) is 4.80 Å². The summed E-state index contributed by atoms with van der Waals surface area (Å²) in [5, 5.41) is 1.96. The number of methoxy groups -OCH3 is 1. The third kappa shape index (κ3) is 4.00. The van der Waals surface area contributed by atoms with E-state index in [1.54, 1.807) is 22.8 Å². The molecule has 31 heavy (non-hydrogen) atoms. The minimum Gasteiger partial charge on any atom is -0.493 e. The normalized spacial score (nSPS) is 16.1. The predicted octanol–water partition coefficient (Wildman–Crippen LogP) is 3.26. The van der Waals surface area contributed by atoms with Gasteiger partial charge in [0.2, 0.25) is 0 Å². The first-order valence-corrected chi connectivity index (χ1v) is 11.6. The number of ether oxygens (including phenoxy) is 2. The van der Waals surface area contributed by atoms with Gasteiger partial charge in [0, 0.05) is 10.4 Å². The van der Waals surface area contributed by atoms with Gasteiger partial charge < -0.3 is 9.47 Å². The van der Waals surface area contributed by atoms with Crippen LogP contribution < -0.4 is 19.6 Å². The number of hydrogen-bond acceptors (Lipinski definition) is 7. The second-order valence-corrected chi connectivity index (χ2v) is 8.96. The summed E-state index contributed by atoms with van der Waals surface area (Å²) >= 11 is 2.87. The number of fused-ring (bicyclic) bond motifs is 1. The molecule has 0 saturated carbocycles. The van der Waals surface area contributed by atoms with E-state index in [9.17, 15) is 9.59 Å². The van der Waals surface area contributed by atoms with Gasteiger partial charge in [-0.1, -0.05) is 42.5 Å². The molecule has 0 fully saturated rings. The monoisotopic (exact) mass is 454 g/mol. The molecule has 1 atom stereocenters. The lowest BCUT2D eigenvalue weighted by Crippen LogP contribution is -2.40. The number of hydrogen-bond donors (Lipinski definition) is 0. The van der Waals surface area contributed by atoms with Crippen molar-refractivity contribution >= 4 is 34.7 Å². The zero-order valence-electron chi connectivity index (χ0n) is 17.5. The SMILES string of the molecule is CCCOc1ccccc1[C@H]1C(C(=O)OC)=C(C)N=c2s/c(=C\c3cccs3)c(=O)n21. The van der Waals surface area contributed by atoms with Gasteiger partial charge in [0.1, 0.15) is 11.8 Å². The van der Waals surface area contributed by atoms with Crippen LogP contribution in [0.25, 0.3) is 6.08 Å². The van der Waals surface area contributed by atoms with Gasteiger partial charge in [0.05, 0.1) is 29.5 Å². The second kappa shape index (κ2) is 9.03. The van der Waals surface area contributed by atoms with E-state index in [-0.39, 0.29) is 5.56 Å². The number of benzene rings is 1. The van der Waals surface area contributed by atoms with Crippen molar-refractivity contribution < 1.29 is 14.3 Å². The van der Waals surface area contributed by atoms with Crippen LogP contribution in [-0.2, 0) is 9.53 Å². The van der Waals surface area contributed by atoms with Crippen LogP contribution in [-0.4, -0.2) is 24.3 Å². The lowest BCUT2D eigenvalue weighted by molar-refractivity contribution is -0.136. The highest BCUT2D eigenvalue weighted by atomic mass is 32.1. The molecule has 6 nitrogen and oxygen atoms in total. The molecule has 0 bridgehead atoms. The van der Waals surface area contributed by atoms with E-state index in [4.69, 9.17) is 9.47 Å². The Morgan fingerprint density at radius 2 is 2.06 bits per heavy atom. The topological polar surface area (TPSA) is 69.9 Å². The van der Waals surface area contributed by atoms with Crippen molar-refractivity contribution in [3.05, 3.63) is 83.2 Å². The maximum atomic E-state index is 13.5. The lowest BCUT2D eigenvalue weighted by atomic mass is 9.95. The molecule has 0 unspecified atom stereocenters. The van der Waals surface area contributed by atoms with Crippen molar-refractivity contribution in [1.82, 2.24) is 4.57 Å². The molecule has 4 rings (SSSR count). The Balaban J connectivity index is 1.98. The van der Waals surface area contributed by atoms with Crippen LogP contribution in [0.1, 0.15) is 36.8 Å². The van der Waals surface area contributed by atoms with E-state index in [1.807, 2.05) is 54.8 Å². The summed E-state index contributed by atoms with van der Waals surface area (Å²) in [4.78, 5) is 32.4. The summed E-state index contributed by atoms with van der Waals surface area (Å²) in [7, 11) is 1.33. The van der Waals surface area contributed by atoms with Crippen LogP contribution in [0.2, 0.25) is 0 Å². The van der Waals surface area contributed by atoms with Crippen molar-refractivity contribution in [3.8, 4) is 5.75 Å². The molecule has 1 aliphatic heterocycles. The average Bonchev–Trinajstić information content (AvgIpc) is 3.39. The minimum atomic E-state index is -0.678. The van der Waals surface area contributed by atoms with Gasteiger partial charge in [-0.3, -0.25) is 9.36 Å². The number of carbonyl (C=O) groups is 1. The van der Waals surface area contributed by atoms with E-state index in [0.29, 0.717) is 33.0 Å². The molecular weight excluding hydrogens is 432 g/mol. The third-order valence-electron chi connectivity index (χ3n) is 4.92. The van der Waals surface area contributed by atoms with Crippen molar-refractivity contribution in [2.75, 3.05) is 13.7 Å². The highest BCUT2D eigenvalue weighted by Crippen LogP contribution is 2.35. The predicted molar refractivity (Wildman–Crippen MR) is 122 cm³/mol. The number of thiazole rings is 1. The number of carbonyl (C=O) groups excluding carboxylic acids is 1. The smallest absolute Gasteiger partial charge is 0.338 e. The molecular formula is C23H22N2O4S2. The number of allylic oxidation sites excluding steroid dienone is 1. The van der Waals surface area contributed by atoms with Crippen LogP contribution in [0.4, 0.5) is 0 Å². The minimum absolute atomic E-state index is 0.193. The quantitative estimate of drug-likeness (QED) is 0.536. The Kier molecular flexibility index (Phi) is 6.20. The van der Waals surface area contributed by atoms with E-state index >= 15 is 0 Å². The van der Waals surface area contributed by atoms with Crippen molar-refractivity contribution in [1.29, 1.82) is 0 Å². The van der Waals surface area contributed by atoms with Crippen LogP contribution in [0.3, 0.4) is 0 Å². The molecule has 160 valence electrons. The highest BCUT2D eigenvalue weighted by Gasteiger charge is 2.34. The Labute approximate surface area is 187 Å². The fraction of sp³-hybridized carbons (Fsp3) is 0.261. The summed E-state index contributed by atoms with van der Waals surface area (Å²) < 4.78 is 13.2. The molecule has 0 N–H and O–H groups in total. The first-order chi connectivity index (χ1) is 15.0. The molecule has 0 aliphatic carbocycles. The Morgan fingerprint density at radius 1 is 1.26 bits per heavy atom. The van der Waals surface area contributed by atoms with Gasteiger partial charge in [-0.25, -0.2) is 9.79 Å². The molecule has 1 aromatic carbocycles. The second-order valence-electron chi connectivity index (χ2n) is 6.98. The van der Waals surface area contributed by atoms with Crippen LogP contribution in [0, 0.1) is 0 Å². The molecule has 0 saturated heterocycles. The number of rotatable bonds is 6. The van der Waals surface area contributed by atoms with Crippen LogP contribution >= 0.6 is 22.7 Å². The summed E-state index contributed by atoms with van der Waals surface area (Å²) in [6, 6.07) is 10.7. The third-order valence-corrected chi connectivity index (χ3v) is 6.72. The number of aromatic nitrogens is 1. The maximum absolute atomic E-state index is 13.5. The van der Waals surface area contributed by atoms with E-state index in [1.165, 1.54) is 18.4 Å². The summed E-state index contributed by atoms with van der Waals surface area (Å²) in [5.74, 6) is 0.127. The molecule has 3 heterocycles. The average molecular weight is 455 g/mol. The van der Waals surface area contributed by atoms with Crippen LogP contribution in [0.5, 0.6) is 5.75 Å². The zero-order valence-corrected chi connectivity index (χ0v) is 19.1. The number of para-hydroxylation sites is 1. The molecule has 3 aromatic rings. The fourth-order valence-electron chi connectivity index (χ4n) is 3.54. The number of thiophene rings is 1. The Hall–Kier alpha value is -2.97. The first kappa shape index (κ1) is 21.3. The largest absolute Gasteiger partial charge is 0.493 e. The van der Waals surface area contributed by atoms with E-state index < -0.39 is 12.0 Å². The van der Waals surface area contributed by atoms with Crippen LogP contribution in [0.15, 0.2) is 62.8 Å². The molecule has 0 spiro atoms. The summed E-state index contributed by atoms with van der Waals surface area (Å²) in [6.07, 6.45) is 2.71. The van der Waals surface area contributed by atoms with Gasteiger partial charge in [-0.2, -0.15) is 0 Å². The standard InChI is InChI=1S/C23H22N2O4S2/c1-4-11-29-17-10-6-5-9-16(17)20-19(22(27)28-3)14(2)24-23-25(20)21(26)18(31-23)13-15-8-7-12-30-15/h5-10,12-13,20H,4,11H2,1-3H3/b18-13-/t20-/m0/s1. The number of esters is 1. The van der Waals surface area contributed by atoms with Gasteiger partial charge in [-0.15, -0.1) is 11.3 Å². The maximum Gasteiger partial charge on any atom is 0.338 e. The van der Waals surface area contributed by atoms with E-state index in [2.05, 4.69) is 4.99 Å². The summed E-state index contributed by atoms with van der Waals surface area (Å²) in [6.45, 7) is 4.33. The molecule has 0 amide bonds. The highest BCUT2D eigenvalue weighted by molar-refractivity contribution is 7.11. The van der Waals surface area contributed by atoms with Crippen molar-refractivity contribution in [2.45, 2.75) is 26.3 Å². The van der Waals surface area contributed by atoms with Crippen molar-refractivity contribution in [2.24, 2.45) is 4.99 Å². The summed E-state index contributed by atoms with van der Waals surface area (Å²) in [5.41, 5.74) is 1.41.